The molecule has 3 rings (SSSR count). The van der Waals surface area contributed by atoms with Crippen LogP contribution in [0.1, 0.15) is 38.7 Å². The Morgan fingerprint density at radius 1 is 1.16 bits per heavy atom. The molecule has 1 N–H and O–H groups in total. The number of hydrogen-bond donors (Lipinski definition) is 1. The average Bonchev–Trinajstić information content (AvgIpc) is 3.19. The lowest BCUT2D eigenvalue weighted by molar-refractivity contribution is -0.113. The Bertz CT molecular complexity index is 1080. The Labute approximate surface area is 195 Å². The highest BCUT2D eigenvalue weighted by atomic mass is 35.5. The van der Waals surface area contributed by atoms with Crippen LogP contribution in [0.3, 0.4) is 0 Å². The van der Waals surface area contributed by atoms with Crippen LogP contribution >= 0.6 is 23.4 Å². The predicted octanol–water partition coefficient (Wildman–Crippen LogP) is 5.53. The summed E-state index contributed by atoms with van der Waals surface area (Å²) in [6.45, 7) is 5.89. The summed E-state index contributed by atoms with van der Waals surface area (Å²) in [6, 6.07) is 11.4. The van der Waals surface area contributed by atoms with Gasteiger partial charge in [0.1, 0.15) is 17.3 Å². The van der Waals surface area contributed by atoms with Gasteiger partial charge in [-0.05, 0) is 63.2 Å². The van der Waals surface area contributed by atoms with Crippen LogP contribution in [-0.4, -0.2) is 33.5 Å². The van der Waals surface area contributed by atoms with E-state index in [1.165, 1.54) is 23.9 Å². The highest BCUT2D eigenvalue weighted by molar-refractivity contribution is 7.99. The molecule has 1 amide bonds. The maximum absolute atomic E-state index is 13.9. The number of anilines is 1. The quantitative estimate of drug-likeness (QED) is 0.407. The highest BCUT2D eigenvalue weighted by Crippen LogP contribution is 2.28. The molecule has 0 saturated heterocycles. The van der Waals surface area contributed by atoms with Crippen molar-refractivity contribution in [1.82, 2.24) is 14.8 Å². The number of halogens is 2. The molecule has 7 nitrogen and oxygen atoms in total. The second kappa shape index (κ2) is 10.7. The van der Waals surface area contributed by atoms with E-state index in [9.17, 15) is 9.18 Å². The van der Waals surface area contributed by atoms with E-state index in [0.29, 0.717) is 16.7 Å². The van der Waals surface area contributed by atoms with Gasteiger partial charge in [-0.2, -0.15) is 0 Å². The van der Waals surface area contributed by atoms with Crippen LogP contribution in [0.15, 0.2) is 47.6 Å². The van der Waals surface area contributed by atoms with Crippen molar-refractivity contribution in [3.8, 4) is 11.5 Å². The molecule has 0 aliphatic rings. The lowest BCUT2D eigenvalue weighted by Gasteiger charge is -2.19. The number of rotatable bonds is 9. The van der Waals surface area contributed by atoms with Crippen molar-refractivity contribution >= 4 is 35.0 Å². The molecule has 0 saturated carbocycles. The van der Waals surface area contributed by atoms with Crippen LogP contribution in [-0.2, 0) is 4.79 Å². The van der Waals surface area contributed by atoms with Crippen LogP contribution < -0.4 is 14.8 Å². The van der Waals surface area contributed by atoms with E-state index in [1.807, 2.05) is 49.6 Å². The summed E-state index contributed by atoms with van der Waals surface area (Å²) in [4.78, 5) is 12.3. The zero-order chi connectivity index (χ0) is 23.3. The smallest absolute Gasteiger partial charge is 0.234 e. The van der Waals surface area contributed by atoms with Crippen molar-refractivity contribution in [2.45, 2.75) is 38.1 Å². The predicted molar refractivity (Wildman–Crippen MR) is 123 cm³/mol. The number of carbonyl (C=O) groups excluding carboxylic acids is 1. The van der Waals surface area contributed by atoms with E-state index in [0.717, 1.165) is 11.8 Å². The van der Waals surface area contributed by atoms with Gasteiger partial charge in [-0.3, -0.25) is 4.79 Å². The van der Waals surface area contributed by atoms with Gasteiger partial charge in [0.2, 0.25) is 5.91 Å². The molecule has 3 aromatic rings. The Balaban J connectivity index is 1.67. The zero-order valence-corrected chi connectivity index (χ0v) is 19.7. The van der Waals surface area contributed by atoms with Crippen LogP contribution in [0.25, 0.3) is 0 Å². The maximum Gasteiger partial charge on any atom is 0.234 e. The number of benzene rings is 2. The first kappa shape index (κ1) is 23.9. The van der Waals surface area contributed by atoms with Crippen LogP contribution in [0.2, 0.25) is 5.02 Å². The van der Waals surface area contributed by atoms with Crippen molar-refractivity contribution < 1.29 is 18.7 Å². The third kappa shape index (κ3) is 5.92. The first-order valence-corrected chi connectivity index (χ1v) is 11.3. The molecule has 10 heteroatoms. The molecule has 0 spiro atoms. The number of amides is 1. The minimum atomic E-state index is -0.590. The Hall–Kier alpha value is -2.78. The number of nitrogens with zero attached hydrogens (tertiary/aromatic N) is 3. The van der Waals surface area contributed by atoms with Gasteiger partial charge < -0.3 is 19.4 Å². The van der Waals surface area contributed by atoms with Gasteiger partial charge in [-0.15, -0.1) is 10.2 Å². The van der Waals surface area contributed by atoms with Crippen LogP contribution in [0, 0.1) is 5.82 Å². The normalized spacial score (nSPS) is 12.0. The Morgan fingerprint density at radius 3 is 2.47 bits per heavy atom. The molecule has 2 aromatic carbocycles. The molecule has 1 unspecified atom stereocenters. The summed E-state index contributed by atoms with van der Waals surface area (Å²) < 4.78 is 27.0. The van der Waals surface area contributed by atoms with Crippen molar-refractivity contribution in [2.75, 3.05) is 18.2 Å². The number of aromatic nitrogens is 3. The topological polar surface area (TPSA) is 78.3 Å². The third-order valence-electron chi connectivity index (χ3n) is 4.48. The van der Waals surface area contributed by atoms with Crippen molar-refractivity contribution in [3.05, 3.63) is 59.1 Å². The second-order valence-corrected chi connectivity index (χ2v) is 8.58. The van der Waals surface area contributed by atoms with Crippen molar-refractivity contribution in [3.63, 3.8) is 0 Å². The number of methoxy groups -OCH3 is 1. The van der Waals surface area contributed by atoms with Crippen LogP contribution in [0.4, 0.5) is 10.1 Å². The van der Waals surface area contributed by atoms with Gasteiger partial charge in [0.15, 0.2) is 17.1 Å². The minimum Gasteiger partial charge on any atom is -0.497 e. The van der Waals surface area contributed by atoms with E-state index >= 15 is 0 Å². The Kier molecular flexibility index (Phi) is 7.98. The first-order chi connectivity index (χ1) is 15.3. The van der Waals surface area contributed by atoms with E-state index in [2.05, 4.69) is 15.5 Å². The van der Waals surface area contributed by atoms with Gasteiger partial charge >= 0.3 is 0 Å². The molecule has 0 radical (unpaired) electrons. The Morgan fingerprint density at radius 2 is 1.84 bits per heavy atom. The number of thioether (sulfide) groups is 1. The van der Waals surface area contributed by atoms with E-state index in [1.54, 1.807) is 7.11 Å². The van der Waals surface area contributed by atoms with E-state index < -0.39 is 5.82 Å². The molecule has 1 aromatic heterocycles. The van der Waals surface area contributed by atoms with Crippen molar-refractivity contribution in [1.29, 1.82) is 0 Å². The van der Waals surface area contributed by atoms with Crippen molar-refractivity contribution in [2.24, 2.45) is 0 Å². The molecule has 1 atom stereocenters. The monoisotopic (exact) mass is 478 g/mol. The molecule has 0 bridgehead atoms. The molecule has 0 aliphatic heterocycles. The van der Waals surface area contributed by atoms with Gasteiger partial charge in [0.25, 0.3) is 0 Å². The summed E-state index contributed by atoms with van der Waals surface area (Å²) in [5.74, 6) is 1.15. The number of carbonyl (C=O) groups is 1. The largest absolute Gasteiger partial charge is 0.497 e. The molecular weight excluding hydrogens is 455 g/mol. The first-order valence-electron chi connectivity index (χ1n) is 9.91. The fourth-order valence-electron chi connectivity index (χ4n) is 2.97. The molecule has 0 fully saturated rings. The van der Waals surface area contributed by atoms with Gasteiger partial charge in [0.05, 0.1) is 18.6 Å². The average molecular weight is 479 g/mol. The van der Waals surface area contributed by atoms with Gasteiger partial charge in [-0.25, -0.2) is 4.39 Å². The highest BCUT2D eigenvalue weighted by Gasteiger charge is 2.22. The summed E-state index contributed by atoms with van der Waals surface area (Å²) in [5, 5.41) is 11.9. The second-order valence-electron chi connectivity index (χ2n) is 7.20. The molecule has 170 valence electrons. The summed E-state index contributed by atoms with van der Waals surface area (Å²) in [7, 11) is 1.61. The van der Waals surface area contributed by atoms with Crippen LogP contribution in [0.5, 0.6) is 11.5 Å². The SMILES string of the molecule is COc1ccc(OC(C)c2nnc(SCC(=O)Nc3ccc(Cl)cc3F)n2C(C)C)cc1. The van der Waals surface area contributed by atoms with E-state index in [-0.39, 0.29) is 34.5 Å². The molecule has 0 aliphatic carbocycles. The maximum atomic E-state index is 13.9. The lowest BCUT2D eigenvalue weighted by Crippen LogP contribution is -2.17. The summed E-state index contributed by atoms with van der Waals surface area (Å²) in [5.41, 5.74) is 0.0764. The zero-order valence-electron chi connectivity index (χ0n) is 18.1. The van der Waals surface area contributed by atoms with Gasteiger partial charge in [0, 0.05) is 11.1 Å². The van der Waals surface area contributed by atoms with E-state index in [4.69, 9.17) is 21.1 Å². The molecule has 32 heavy (non-hydrogen) atoms. The fourth-order valence-corrected chi connectivity index (χ4v) is 4.00. The number of ether oxygens (including phenoxy) is 2. The lowest BCUT2D eigenvalue weighted by atomic mass is 10.3. The molecule has 1 heterocycles. The third-order valence-corrected chi connectivity index (χ3v) is 5.66. The summed E-state index contributed by atoms with van der Waals surface area (Å²) >= 11 is 6.96. The number of nitrogens with one attached hydrogen (secondary N) is 1. The minimum absolute atomic E-state index is 0.0423. The standard InChI is InChI=1S/C22H24ClFN4O3S/c1-13(2)28-21(14(3)31-17-8-6-16(30-4)7-9-17)26-27-22(28)32-12-20(29)25-19-10-5-15(23)11-18(19)24/h5-11,13-14H,12H2,1-4H3,(H,25,29). The summed E-state index contributed by atoms with van der Waals surface area (Å²) in [6.07, 6.45) is -0.371. The fraction of sp³-hybridized carbons (Fsp3) is 0.318. The molecular formula is C22H24ClFN4O3S. The number of hydrogen-bond acceptors (Lipinski definition) is 6. The van der Waals surface area contributed by atoms with Gasteiger partial charge in [-0.1, -0.05) is 23.4 Å².